The second kappa shape index (κ2) is 6.65. The van der Waals surface area contributed by atoms with E-state index in [1.54, 1.807) is 0 Å². The Morgan fingerprint density at radius 1 is 0.957 bits per heavy atom. The Kier molecular flexibility index (Phi) is 4.40. The van der Waals surface area contributed by atoms with E-state index < -0.39 is 0 Å². The summed E-state index contributed by atoms with van der Waals surface area (Å²) < 4.78 is 2.90. The van der Waals surface area contributed by atoms with Gasteiger partial charge in [-0.25, -0.2) is 4.98 Å². The first-order valence-corrected chi connectivity index (χ1v) is 9.38. The molecule has 0 saturated carbocycles. The fourth-order valence-corrected chi connectivity index (χ4v) is 4.15. The minimum Gasteiger partial charge on any atom is -0.370 e. The van der Waals surface area contributed by atoms with Crippen molar-refractivity contribution in [2.24, 2.45) is 0 Å². The lowest BCUT2D eigenvalue weighted by Crippen LogP contribution is -2.40. The zero-order valence-electron chi connectivity index (χ0n) is 13.4. The fraction of sp³-hybridized carbons (Fsp3) is 0.500. The Balaban J connectivity index is 1.42. The second-order valence-corrected chi connectivity index (χ2v) is 7.42. The highest BCUT2D eigenvalue weighted by molar-refractivity contribution is 9.10. The van der Waals surface area contributed by atoms with E-state index in [0.29, 0.717) is 0 Å². The van der Waals surface area contributed by atoms with Gasteiger partial charge in [0.25, 0.3) is 0 Å². The molecule has 0 bridgehead atoms. The molecule has 4 rings (SSSR count). The van der Waals surface area contributed by atoms with Crippen molar-refractivity contribution in [2.45, 2.75) is 31.7 Å². The molecule has 5 heteroatoms. The number of rotatable bonds is 3. The number of halogens is 1. The molecule has 3 heterocycles. The van der Waals surface area contributed by atoms with E-state index in [2.05, 4.69) is 55.0 Å². The summed E-state index contributed by atoms with van der Waals surface area (Å²) in [5.41, 5.74) is 2.49. The van der Waals surface area contributed by atoms with Crippen LogP contribution in [0.2, 0.25) is 0 Å². The number of benzene rings is 1. The number of aromatic nitrogens is 2. The number of hydrogen-bond acceptors (Lipinski definition) is 3. The molecule has 0 N–H and O–H groups in total. The highest BCUT2D eigenvalue weighted by Crippen LogP contribution is 2.26. The molecule has 2 aliphatic rings. The molecule has 1 aromatic heterocycles. The lowest BCUT2D eigenvalue weighted by Gasteiger charge is -2.32. The topological polar surface area (TPSA) is 24.3 Å². The van der Waals surface area contributed by atoms with Crippen molar-refractivity contribution < 1.29 is 0 Å². The highest BCUT2D eigenvalue weighted by atomic mass is 79.9. The third-order valence-electron chi connectivity index (χ3n) is 5.13. The van der Waals surface area contributed by atoms with Crippen LogP contribution in [0.5, 0.6) is 0 Å². The van der Waals surface area contributed by atoms with Crippen LogP contribution in [0.15, 0.2) is 41.4 Å². The highest BCUT2D eigenvalue weighted by Gasteiger charge is 2.28. The maximum absolute atomic E-state index is 4.22. The number of nitrogens with zero attached hydrogens (tertiary/aromatic N) is 4. The molecule has 2 aliphatic heterocycles. The molecule has 0 spiro atoms. The van der Waals surface area contributed by atoms with E-state index >= 15 is 0 Å². The largest absolute Gasteiger partial charge is 0.370 e. The van der Waals surface area contributed by atoms with Gasteiger partial charge < -0.3 is 9.47 Å². The van der Waals surface area contributed by atoms with Crippen molar-refractivity contribution >= 4 is 21.6 Å². The van der Waals surface area contributed by atoms with Crippen LogP contribution in [0.25, 0.3) is 5.69 Å². The number of likely N-dealkylation sites (tertiary alicyclic amines) is 1. The van der Waals surface area contributed by atoms with E-state index in [-0.39, 0.29) is 0 Å². The van der Waals surface area contributed by atoms with Gasteiger partial charge in [0.2, 0.25) is 0 Å². The normalized spacial score (nSPS) is 22.7. The van der Waals surface area contributed by atoms with Gasteiger partial charge in [0.1, 0.15) is 10.9 Å². The molecule has 2 aromatic rings. The Hall–Kier alpha value is -1.33. The molecule has 1 atom stereocenters. The van der Waals surface area contributed by atoms with E-state index in [1.807, 2.05) is 17.1 Å². The van der Waals surface area contributed by atoms with Gasteiger partial charge in [0, 0.05) is 36.7 Å². The van der Waals surface area contributed by atoms with Crippen LogP contribution < -0.4 is 4.90 Å². The number of imidazole rings is 1. The molecule has 0 radical (unpaired) electrons. The third-order valence-corrected chi connectivity index (χ3v) is 5.54. The smallest absolute Gasteiger partial charge is 0.124 e. The van der Waals surface area contributed by atoms with Crippen LogP contribution >= 0.6 is 15.9 Å². The monoisotopic (exact) mass is 374 g/mol. The first kappa shape index (κ1) is 15.2. The summed E-state index contributed by atoms with van der Waals surface area (Å²) in [5.74, 6) is 0. The summed E-state index contributed by atoms with van der Waals surface area (Å²) in [6, 6.07) is 9.58. The lowest BCUT2D eigenvalue weighted by molar-refractivity contribution is 0.175. The molecule has 0 aliphatic carbocycles. The van der Waals surface area contributed by atoms with Crippen LogP contribution in [0, 0.1) is 0 Å². The molecule has 4 nitrogen and oxygen atoms in total. The predicted molar refractivity (Wildman–Crippen MR) is 97.3 cm³/mol. The minimum absolute atomic E-state index is 0.750. The summed E-state index contributed by atoms with van der Waals surface area (Å²) in [5, 5.41) is 0. The van der Waals surface area contributed by atoms with Crippen molar-refractivity contribution in [3.8, 4) is 5.69 Å². The standard InChI is InChI=1S/C18H23BrN4/c19-18-13-23(14-20-18)16-6-4-15(5-7-16)22-11-8-17(12-22)21-9-2-1-3-10-21/h4-7,13-14,17H,1-3,8-12H2. The summed E-state index contributed by atoms with van der Waals surface area (Å²) >= 11 is 3.40. The van der Waals surface area contributed by atoms with Gasteiger partial charge in [-0.1, -0.05) is 6.42 Å². The molecule has 0 amide bonds. The second-order valence-electron chi connectivity index (χ2n) is 6.61. The predicted octanol–water partition coefficient (Wildman–Crippen LogP) is 3.70. The SMILES string of the molecule is Brc1cn(-c2ccc(N3CCC(N4CCCCC4)C3)cc2)cn1. The average molecular weight is 375 g/mol. The van der Waals surface area contributed by atoms with Crippen LogP contribution in [0.1, 0.15) is 25.7 Å². The maximum atomic E-state index is 4.22. The van der Waals surface area contributed by atoms with Crippen molar-refractivity contribution in [3.05, 3.63) is 41.4 Å². The van der Waals surface area contributed by atoms with E-state index in [9.17, 15) is 0 Å². The van der Waals surface area contributed by atoms with Gasteiger partial charge in [-0.15, -0.1) is 0 Å². The summed E-state index contributed by atoms with van der Waals surface area (Å²) in [6.45, 7) is 4.95. The van der Waals surface area contributed by atoms with Crippen molar-refractivity contribution in [3.63, 3.8) is 0 Å². The molecule has 2 fully saturated rings. The zero-order valence-corrected chi connectivity index (χ0v) is 15.0. The van der Waals surface area contributed by atoms with Crippen LogP contribution in [-0.4, -0.2) is 46.7 Å². The van der Waals surface area contributed by atoms with Gasteiger partial charge in [-0.05, 0) is 72.5 Å². The number of piperidine rings is 1. The average Bonchev–Trinajstić information content (AvgIpc) is 3.25. The summed E-state index contributed by atoms with van der Waals surface area (Å²) in [4.78, 5) is 9.46. The molecular weight excluding hydrogens is 352 g/mol. The molecular formula is C18H23BrN4. The van der Waals surface area contributed by atoms with Crippen LogP contribution in [0.4, 0.5) is 5.69 Å². The zero-order chi connectivity index (χ0) is 15.6. The van der Waals surface area contributed by atoms with Gasteiger partial charge in [0.05, 0.1) is 0 Å². The van der Waals surface area contributed by atoms with Gasteiger partial charge in [0.15, 0.2) is 0 Å². The summed E-state index contributed by atoms with van der Waals surface area (Å²) in [7, 11) is 0. The van der Waals surface area contributed by atoms with Crippen molar-refractivity contribution in [1.29, 1.82) is 0 Å². The van der Waals surface area contributed by atoms with Crippen LogP contribution in [-0.2, 0) is 0 Å². The Labute approximate surface area is 146 Å². The molecule has 23 heavy (non-hydrogen) atoms. The number of hydrogen-bond donors (Lipinski definition) is 0. The van der Waals surface area contributed by atoms with Crippen molar-refractivity contribution in [2.75, 3.05) is 31.1 Å². The Bertz CT molecular complexity index is 645. The molecule has 2 saturated heterocycles. The van der Waals surface area contributed by atoms with Gasteiger partial charge in [-0.2, -0.15) is 0 Å². The van der Waals surface area contributed by atoms with Crippen molar-refractivity contribution in [1.82, 2.24) is 14.5 Å². The molecule has 1 aromatic carbocycles. The molecule has 122 valence electrons. The third kappa shape index (κ3) is 3.31. The summed E-state index contributed by atoms with van der Waals surface area (Å²) in [6.07, 6.45) is 9.30. The Morgan fingerprint density at radius 3 is 2.39 bits per heavy atom. The van der Waals surface area contributed by atoms with E-state index in [1.165, 1.54) is 57.5 Å². The maximum Gasteiger partial charge on any atom is 0.124 e. The first-order valence-electron chi connectivity index (χ1n) is 8.58. The Morgan fingerprint density at radius 2 is 1.70 bits per heavy atom. The molecule has 1 unspecified atom stereocenters. The van der Waals surface area contributed by atoms with E-state index in [0.717, 1.165) is 16.3 Å². The van der Waals surface area contributed by atoms with E-state index in [4.69, 9.17) is 0 Å². The quantitative estimate of drug-likeness (QED) is 0.818. The lowest BCUT2D eigenvalue weighted by atomic mass is 10.1. The first-order chi connectivity index (χ1) is 11.3. The minimum atomic E-state index is 0.750. The van der Waals surface area contributed by atoms with Gasteiger partial charge >= 0.3 is 0 Å². The fourth-order valence-electron chi connectivity index (χ4n) is 3.83. The number of anilines is 1. The van der Waals surface area contributed by atoms with Gasteiger partial charge in [-0.3, -0.25) is 4.90 Å². The van der Waals surface area contributed by atoms with Crippen LogP contribution in [0.3, 0.4) is 0 Å².